The van der Waals surface area contributed by atoms with Crippen molar-refractivity contribution in [2.45, 2.75) is 13.0 Å². The lowest BCUT2D eigenvalue weighted by molar-refractivity contribution is -0.123. The van der Waals surface area contributed by atoms with Crippen molar-refractivity contribution in [3.05, 3.63) is 72.0 Å². The van der Waals surface area contributed by atoms with Crippen LogP contribution >= 0.6 is 11.6 Å². The molecule has 0 saturated carbocycles. The van der Waals surface area contributed by atoms with E-state index in [4.69, 9.17) is 16.3 Å². The highest BCUT2D eigenvalue weighted by atomic mass is 35.5. The number of aryl methyl sites for hydroxylation is 1. The quantitative estimate of drug-likeness (QED) is 0.472. The molecule has 0 fully saturated rings. The molecule has 0 aliphatic rings. The van der Waals surface area contributed by atoms with E-state index in [9.17, 15) is 4.79 Å². The van der Waals surface area contributed by atoms with Crippen LogP contribution in [-0.2, 0) is 11.3 Å². The summed E-state index contributed by atoms with van der Waals surface area (Å²) in [5.74, 6) is 0.394. The highest BCUT2D eigenvalue weighted by Crippen LogP contribution is 2.29. The first-order valence-corrected chi connectivity index (χ1v) is 9.57. The number of ether oxygens (including phenoxy) is 1. The number of hydrogen-bond donors (Lipinski definition) is 1. The number of nitrogens with one attached hydrogen (secondary N) is 1. The maximum Gasteiger partial charge on any atom is 0.257 e. The second-order valence-corrected chi connectivity index (χ2v) is 6.91. The lowest BCUT2D eigenvalue weighted by Gasteiger charge is -2.10. The number of pyridine rings is 1. The minimum atomic E-state index is -0.156. The van der Waals surface area contributed by atoms with E-state index in [1.165, 1.54) is 10.9 Å². The Hall–Kier alpha value is -3.05. The third kappa shape index (κ3) is 3.94. The van der Waals surface area contributed by atoms with Gasteiger partial charge in [-0.25, -0.2) is 0 Å². The zero-order chi connectivity index (χ0) is 19.3. The Morgan fingerprint density at radius 1 is 1.11 bits per heavy atom. The highest BCUT2D eigenvalue weighted by molar-refractivity contribution is 6.35. The molecule has 0 saturated heterocycles. The number of aromatic nitrogens is 2. The van der Waals surface area contributed by atoms with Crippen LogP contribution in [0.4, 0.5) is 0 Å². The lowest BCUT2D eigenvalue weighted by atomic mass is 10.2. The third-order valence-corrected chi connectivity index (χ3v) is 4.95. The van der Waals surface area contributed by atoms with Crippen LogP contribution in [0.5, 0.6) is 5.75 Å². The normalized spacial score (nSPS) is 11.0. The molecule has 0 radical (unpaired) electrons. The Bertz CT molecular complexity index is 1120. The predicted octanol–water partition coefficient (Wildman–Crippen LogP) is 4.43. The van der Waals surface area contributed by atoms with E-state index in [1.807, 2.05) is 24.3 Å². The van der Waals surface area contributed by atoms with Crippen molar-refractivity contribution < 1.29 is 9.53 Å². The summed E-state index contributed by atoms with van der Waals surface area (Å²) in [6.45, 7) is 1.38. The first kappa shape index (κ1) is 18.3. The van der Waals surface area contributed by atoms with Crippen LogP contribution in [0.25, 0.3) is 21.8 Å². The summed E-state index contributed by atoms with van der Waals surface area (Å²) in [5, 5.41) is 5.54. The maximum absolute atomic E-state index is 12.1. The summed E-state index contributed by atoms with van der Waals surface area (Å²) in [7, 11) is 0. The first-order chi connectivity index (χ1) is 13.7. The van der Waals surface area contributed by atoms with Crippen molar-refractivity contribution in [1.82, 2.24) is 14.9 Å². The van der Waals surface area contributed by atoms with Crippen molar-refractivity contribution in [3.63, 3.8) is 0 Å². The smallest absolute Gasteiger partial charge is 0.257 e. The van der Waals surface area contributed by atoms with E-state index in [-0.39, 0.29) is 12.5 Å². The zero-order valence-electron chi connectivity index (χ0n) is 15.3. The summed E-state index contributed by atoms with van der Waals surface area (Å²) < 4.78 is 7.86. The molecule has 0 aliphatic heterocycles. The van der Waals surface area contributed by atoms with E-state index in [0.29, 0.717) is 22.8 Å². The fraction of sp³-hybridized carbons (Fsp3) is 0.182. The number of rotatable bonds is 7. The molecule has 2 aromatic heterocycles. The fourth-order valence-electron chi connectivity index (χ4n) is 3.24. The lowest BCUT2D eigenvalue weighted by Crippen LogP contribution is -2.30. The van der Waals surface area contributed by atoms with Crippen LogP contribution < -0.4 is 10.1 Å². The average Bonchev–Trinajstić information content (AvgIpc) is 3.14. The number of carbonyl (C=O) groups excluding carboxylic acids is 1. The van der Waals surface area contributed by atoms with Crippen molar-refractivity contribution in [3.8, 4) is 5.75 Å². The second kappa shape index (κ2) is 8.31. The average molecular weight is 394 g/mol. The molecule has 2 aromatic carbocycles. The monoisotopic (exact) mass is 393 g/mol. The Morgan fingerprint density at radius 2 is 2.00 bits per heavy atom. The zero-order valence-corrected chi connectivity index (χ0v) is 16.0. The summed E-state index contributed by atoms with van der Waals surface area (Å²) in [6.07, 6.45) is 4.60. The van der Waals surface area contributed by atoms with Crippen LogP contribution in [0.3, 0.4) is 0 Å². The van der Waals surface area contributed by atoms with Crippen LogP contribution in [0.1, 0.15) is 6.42 Å². The van der Waals surface area contributed by atoms with Crippen LogP contribution in [-0.4, -0.2) is 28.6 Å². The summed E-state index contributed by atoms with van der Waals surface area (Å²) >= 11 is 6.18. The number of fused-ring (bicyclic) bond motifs is 2. The molecule has 0 atom stereocenters. The molecule has 0 bridgehead atoms. The highest BCUT2D eigenvalue weighted by Gasteiger charge is 2.09. The molecular formula is C22H20ClN3O2. The topological polar surface area (TPSA) is 56.1 Å². The van der Waals surface area contributed by atoms with Gasteiger partial charge < -0.3 is 14.6 Å². The van der Waals surface area contributed by atoms with Gasteiger partial charge >= 0.3 is 0 Å². The molecule has 5 nitrogen and oxygen atoms in total. The Morgan fingerprint density at radius 3 is 2.93 bits per heavy atom. The van der Waals surface area contributed by atoms with Gasteiger partial charge in [-0.3, -0.25) is 9.78 Å². The van der Waals surface area contributed by atoms with Gasteiger partial charge in [0.25, 0.3) is 5.91 Å². The molecule has 28 heavy (non-hydrogen) atoms. The molecule has 0 aliphatic carbocycles. The van der Waals surface area contributed by atoms with E-state index in [1.54, 1.807) is 18.3 Å². The maximum atomic E-state index is 12.1. The van der Waals surface area contributed by atoms with E-state index in [2.05, 4.69) is 39.3 Å². The number of amides is 1. The molecule has 6 heteroatoms. The Balaban J connectivity index is 1.27. The molecule has 1 amide bonds. The van der Waals surface area contributed by atoms with E-state index >= 15 is 0 Å². The number of nitrogens with zero attached hydrogens (tertiary/aromatic N) is 2. The van der Waals surface area contributed by atoms with Crippen molar-refractivity contribution in [2.75, 3.05) is 13.2 Å². The molecule has 0 spiro atoms. The first-order valence-electron chi connectivity index (χ1n) is 9.19. The van der Waals surface area contributed by atoms with Gasteiger partial charge in [0.2, 0.25) is 0 Å². The molecule has 4 aromatic rings. The van der Waals surface area contributed by atoms with Crippen molar-refractivity contribution in [1.29, 1.82) is 0 Å². The van der Waals surface area contributed by atoms with E-state index in [0.717, 1.165) is 18.4 Å². The largest absolute Gasteiger partial charge is 0.481 e. The van der Waals surface area contributed by atoms with Gasteiger partial charge in [-0.05, 0) is 48.2 Å². The minimum absolute atomic E-state index is 0.0558. The standard InChI is InChI=1S/C22H20ClN3O2/c23-18-8-9-20(22-17(18)6-3-11-25-22)28-15-21(27)24-12-4-13-26-14-10-16-5-1-2-7-19(16)26/h1-3,5-11,14H,4,12-13,15H2,(H,24,27). The number of para-hydroxylation sites is 1. The van der Waals surface area contributed by atoms with Crippen molar-refractivity contribution >= 4 is 39.3 Å². The van der Waals surface area contributed by atoms with Gasteiger partial charge in [0.15, 0.2) is 6.61 Å². The molecule has 4 rings (SSSR count). The molecule has 1 N–H and O–H groups in total. The predicted molar refractivity (Wildman–Crippen MR) is 112 cm³/mol. The second-order valence-electron chi connectivity index (χ2n) is 6.51. The van der Waals surface area contributed by atoms with Crippen LogP contribution in [0.15, 0.2) is 67.0 Å². The molecule has 0 unspecified atom stereocenters. The minimum Gasteiger partial charge on any atom is -0.481 e. The fourth-order valence-corrected chi connectivity index (χ4v) is 3.45. The molecule has 142 valence electrons. The third-order valence-electron chi connectivity index (χ3n) is 4.62. The molecular weight excluding hydrogens is 374 g/mol. The Kier molecular flexibility index (Phi) is 5.44. The van der Waals surface area contributed by atoms with Crippen molar-refractivity contribution in [2.24, 2.45) is 0 Å². The van der Waals surface area contributed by atoms with Crippen LogP contribution in [0, 0.1) is 0 Å². The number of halogens is 1. The van der Waals surface area contributed by atoms with Gasteiger partial charge in [0.1, 0.15) is 11.3 Å². The summed E-state index contributed by atoms with van der Waals surface area (Å²) in [5.41, 5.74) is 1.86. The number of hydrogen-bond acceptors (Lipinski definition) is 3. The van der Waals surface area contributed by atoms with Gasteiger partial charge in [0.05, 0.1) is 5.02 Å². The van der Waals surface area contributed by atoms with Gasteiger partial charge in [-0.2, -0.15) is 0 Å². The molecule has 2 heterocycles. The number of benzene rings is 2. The Labute approximate surface area is 167 Å². The summed E-state index contributed by atoms with van der Waals surface area (Å²) in [4.78, 5) is 16.4. The van der Waals surface area contributed by atoms with E-state index < -0.39 is 0 Å². The van der Waals surface area contributed by atoms with Gasteiger partial charge in [0, 0.05) is 36.4 Å². The van der Waals surface area contributed by atoms with Gasteiger partial charge in [-0.15, -0.1) is 0 Å². The van der Waals surface area contributed by atoms with Gasteiger partial charge in [-0.1, -0.05) is 29.8 Å². The summed E-state index contributed by atoms with van der Waals surface area (Å²) in [6, 6.07) is 17.6. The SMILES string of the molecule is O=C(COc1ccc(Cl)c2cccnc12)NCCCn1ccc2ccccc21. The van der Waals surface area contributed by atoms with Crippen LogP contribution in [0.2, 0.25) is 5.02 Å². The number of carbonyl (C=O) groups is 1.